The monoisotopic (exact) mass is 225 g/mol. The second-order valence-corrected chi connectivity index (χ2v) is 4.41. The number of hydrogen-bond donors (Lipinski definition) is 1. The molecular formula is C12H19NO3. The summed E-state index contributed by atoms with van der Waals surface area (Å²) in [5.41, 5.74) is 0. The SMILES string of the molecule is C=CC1CC(=O)N([C@H](C(=O)O)[C@@H](C)CC)C1. The molecule has 0 aromatic heterocycles. The van der Waals surface area contributed by atoms with E-state index >= 15 is 0 Å². The van der Waals surface area contributed by atoms with Gasteiger partial charge in [-0.3, -0.25) is 4.79 Å². The van der Waals surface area contributed by atoms with Gasteiger partial charge >= 0.3 is 5.97 Å². The van der Waals surface area contributed by atoms with Crippen molar-refractivity contribution in [3.05, 3.63) is 12.7 Å². The Bertz CT molecular complexity index is 301. The molecule has 1 N–H and O–H groups in total. The van der Waals surface area contributed by atoms with Crippen LogP contribution >= 0.6 is 0 Å². The van der Waals surface area contributed by atoms with Gasteiger partial charge in [0.25, 0.3) is 0 Å². The van der Waals surface area contributed by atoms with Gasteiger partial charge in [-0.2, -0.15) is 0 Å². The molecule has 0 aromatic rings. The summed E-state index contributed by atoms with van der Waals surface area (Å²) in [6.45, 7) is 7.95. The second kappa shape index (κ2) is 5.14. The number of likely N-dealkylation sites (tertiary alicyclic amines) is 1. The van der Waals surface area contributed by atoms with E-state index in [0.717, 1.165) is 6.42 Å². The van der Waals surface area contributed by atoms with Crippen molar-refractivity contribution >= 4 is 11.9 Å². The number of amides is 1. The Balaban J connectivity index is 2.83. The van der Waals surface area contributed by atoms with Crippen LogP contribution in [0.15, 0.2) is 12.7 Å². The van der Waals surface area contributed by atoms with E-state index in [1.165, 1.54) is 4.90 Å². The maximum absolute atomic E-state index is 11.7. The maximum Gasteiger partial charge on any atom is 0.326 e. The van der Waals surface area contributed by atoms with Crippen LogP contribution in [0.1, 0.15) is 26.7 Å². The molecular weight excluding hydrogens is 206 g/mol. The first kappa shape index (κ1) is 12.7. The number of nitrogens with zero attached hydrogens (tertiary/aromatic N) is 1. The Hall–Kier alpha value is -1.32. The number of aliphatic carboxylic acids is 1. The predicted molar refractivity (Wildman–Crippen MR) is 60.9 cm³/mol. The van der Waals surface area contributed by atoms with Crippen molar-refractivity contribution in [2.45, 2.75) is 32.7 Å². The summed E-state index contributed by atoms with van der Waals surface area (Å²) in [5, 5.41) is 9.19. The molecule has 4 heteroatoms. The Morgan fingerprint density at radius 1 is 1.75 bits per heavy atom. The van der Waals surface area contributed by atoms with Crippen LogP contribution < -0.4 is 0 Å². The first-order chi connectivity index (χ1) is 7.51. The smallest absolute Gasteiger partial charge is 0.326 e. The van der Waals surface area contributed by atoms with Crippen molar-refractivity contribution in [1.29, 1.82) is 0 Å². The van der Waals surface area contributed by atoms with Gasteiger partial charge in [-0.25, -0.2) is 4.79 Å². The van der Waals surface area contributed by atoms with Gasteiger partial charge in [0.1, 0.15) is 6.04 Å². The summed E-state index contributed by atoms with van der Waals surface area (Å²) in [4.78, 5) is 24.4. The van der Waals surface area contributed by atoms with Crippen molar-refractivity contribution in [1.82, 2.24) is 4.90 Å². The van der Waals surface area contributed by atoms with Gasteiger partial charge in [0.05, 0.1) is 0 Å². The van der Waals surface area contributed by atoms with E-state index in [1.807, 2.05) is 13.8 Å². The molecule has 0 spiro atoms. The topological polar surface area (TPSA) is 57.6 Å². The highest BCUT2D eigenvalue weighted by atomic mass is 16.4. The molecule has 1 fully saturated rings. The van der Waals surface area contributed by atoms with Crippen molar-refractivity contribution in [2.24, 2.45) is 11.8 Å². The van der Waals surface area contributed by atoms with Gasteiger partial charge in [-0.15, -0.1) is 6.58 Å². The molecule has 0 bridgehead atoms. The minimum atomic E-state index is -0.910. The van der Waals surface area contributed by atoms with Gasteiger partial charge in [0.2, 0.25) is 5.91 Å². The van der Waals surface area contributed by atoms with Gasteiger partial charge in [-0.05, 0) is 5.92 Å². The fourth-order valence-electron chi connectivity index (χ4n) is 2.09. The van der Waals surface area contributed by atoms with Crippen LogP contribution in [0.5, 0.6) is 0 Å². The van der Waals surface area contributed by atoms with Crippen LogP contribution in [-0.2, 0) is 9.59 Å². The molecule has 1 heterocycles. The number of carbonyl (C=O) groups is 2. The Kier molecular flexibility index (Phi) is 4.10. The molecule has 0 saturated carbocycles. The third-order valence-corrected chi connectivity index (χ3v) is 3.29. The van der Waals surface area contributed by atoms with Gasteiger partial charge < -0.3 is 10.0 Å². The number of carboxylic acids is 1. The van der Waals surface area contributed by atoms with E-state index in [4.69, 9.17) is 0 Å². The van der Waals surface area contributed by atoms with Crippen LogP contribution in [0.4, 0.5) is 0 Å². The molecule has 0 aromatic carbocycles. The first-order valence-electron chi connectivity index (χ1n) is 5.66. The highest BCUT2D eigenvalue weighted by Gasteiger charge is 2.38. The van der Waals surface area contributed by atoms with Crippen LogP contribution in [0.2, 0.25) is 0 Å². The fourth-order valence-corrected chi connectivity index (χ4v) is 2.09. The van der Waals surface area contributed by atoms with Gasteiger partial charge in [-0.1, -0.05) is 26.3 Å². The van der Waals surface area contributed by atoms with Crippen LogP contribution in [-0.4, -0.2) is 34.5 Å². The molecule has 16 heavy (non-hydrogen) atoms. The van der Waals surface area contributed by atoms with Crippen LogP contribution in [0.25, 0.3) is 0 Å². The third-order valence-electron chi connectivity index (χ3n) is 3.29. The first-order valence-corrected chi connectivity index (χ1v) is 5.66. The zero-order valence-corrected chi connectivity index (χ0v) is 9.85. The maximum atomic E-state index is 11.7. The summed E-state index contributed by atoms with van der Waals surface area (Å²) >= 11 is 0. The molecule has 1 aliphatic rings. The zero-order chi connectivity index (χ0) is 12.3. The van der Waals surface area contributed by atoms with Crippen LogP contribution in [0, 0.1) is 11.8 Å². The molecule has 1 amide bonds. The summed E-state index contributed by atoms with van der Waals surface area (Å²) in [6.07, 6.45) is 2.87. The molecule has 0 radical (unpaired) electrons. The Morgan fingerprint density at radius 3 is 2.75 bits per heavy atom. The van der Waals surface area contributed by atoms with Crippen molar-refractivity contribution in [3.8, 4) is 0 Å². The van der Waals surface area contributed by atoms with E-state index in [1.54, 1.807) is 6.08 Å². The van der Waals surface area contributed by atoms with Crippen molar-refractivity contribution in [3.63, 3.8) is 0 Å². The van der Waals surface area contributed by atoms with Crippen LogP contribution in [0.3, 0.4) is 0 Å². The summed E-state index contributed by atoms with van der Waals surface area (Å²) in [5.74, 6) is -0.909. The molecule has 1 unspecified atom stereocenters. The average molecular weight is 225 g/mol. The molecule has 1 aliphatic heterocycles. The van der Waals surface area contributed by atoms with Gasteiger partial charge in [0.15, 0.2) is 0 Å². The fraction of sp³-hybridized carbons (Fsp3) is 0.667. The van der Waals surface area contributed by atoms with E-state index in [0.29, 0.717) is 13.0 Å². The average Bonchev–Trinajstić information content (AvgIpc) is 2.59. The lowest BCUT2D eigenvalue weighted by molar-refractivity contribution is -0.150. The normalized spacial score (nSPS) is 24.2. The van der Waals surface area contributed by atoms with Crippen molar-refractivity contribution in [2.75, 3.05) is 6.54 Å². The van der Waals surface area contributed by atoms with Gasteiger partial charge in [0, 0.05) is 18.9 Å². The van der Waals surface area contributed by atoms with E-state index < -0.39 is 12.0 Å². The highest BCUT2D eigenvalue weighted by Crippen LogP contribution is 2.25. The number of carbonyl (C=O) groups excluding carboxylic acids is 1. The summed E-state index contributed by atoms with van der Waals surface area (Å²) < 4.78 is 0. The molecule has 3 atom stereocenters. The lowest BCUT2D eigenvalue weighted by Gasteiger charge is -2.28. The molecule has 90 valence electrons. The van der Waals surface area contributed by atoms with Crippen molar-refractivity contribution < 1.29 is 14.7 Å². The van der Waals surface area contributed by atoms with E-state index in [2.05, 4.69) is 6.58 Å². The molecule has 1 saturated heterocycles. The van der Waals surface area contributed by atoms with E-state index in [9.17, 15) is 14.7 Å². The molecule has 4 nitrogen and oxygen atoms in total. The molecule has 1 rings (SSSR count). The number of rotatable bonds is 5. The zero-order valence-electron chi connectivity index (χ0n) is 9.85. The Morgan fingerprint density at radius 2 is 2.38 bits per heavy atom. The largest absolute Gasteiger partial charge is 0.480 e. The minimum Gasteiger partial charge on any atom is -0.480 e. The lowest BCUT2D eigenvalue weighted by atomic mass is 9.98. The lowest BCUT2D eigenvalue weighted by Crippen LogP contribution is -2.46. The summed E-state index contributed by atoms with van der Waals surface area (Å²) in [6, 6.07) is -0.692. The number of carboxylic acid groups (broad SMARTS) is 1. The standard InChI is InChI=1S/C12H19NO3/c1-4-8(3)11(12(15)16)13-7-9(5-2)6-10(13)14/h5,8-9,11H,2,4,6-7H2,1,3H3,(H,15,16)/t8-,9?,11-/m0/s1. The van der Waals surface area contributed by atoms with E-state index in [-0.39, 0.29) is 17.7 Å². The predicted octanol–water partition coefficient (Wildman–Crippen LogP) is 1.52. The minimum absolute atomic E-state index is 0.0231. The molecule has 0 aliphatic carbocycles. The Labute approximate surface area is 95.9 Å². The second-order valence-electron chi connectivity index (χ2n) is 4.41. The summed E-state index contributed by atoms with van der Waals surface area (Å²) in [7, 11) is 0. The quantitative estimate of drug-likeness (QED) is 0.722. The highest BCUT2D eigenvalue weighted by molar-refractivity contribution is 5.85. The third kappa shape index (κ3) is 2.43. The number of hydrogen-bond acceptors (Lipinski definition) is 2.